The number of rotatable bonds is 10. The highest BCUT2D eigenvalue weighted by atomic mass is 16.3. The van der Waals surface area contributed by atoms with Gasteiger partial charge in [0.1, 0.15) is 5.92 Å². The Morgan fingerprint density at radius 2 is 1.59 bits per heavy atom. The lowest BCUT2D eigenvalue weighted by atomic mass is 9.79. The van der Waals surface area contributed by atoms with E-state index >= 15 is 0 Å². The van der Waals surface area contributed by atoms with Crippen LogP contribution < -0.4 is 0 Å². The first-order chi connectivity index (χ1) is 12.5. The van der Waals surface area contributed by atoms with E-state index in [4.69, 9.17) is 0 Å². The smallest absolute Gasteiger partial charge is 0.192 e. The molecular weight excluding hydrogens is 342 g/mol. The van der Waals surface area contributed by atoms with Crippen molar-refractivity contribution in [3.05, 3.63) is 0 Å². The molecule has 1 saturated carbocycles. The second-order valence-corrected chi connectivity index (χ2v) is 9.16. The van der Waals surface area contributed by atoms with Gasteiger partial charge in [-0.1, -0.05) is 48.0 Å². The predicted molar refractivity (Wildman–Crippen MR) is 108 cm³/mol. The number of carbonyl (C=O) groups is 3. The van der Waals surface area contributed by atoms with Gasteiger partial charge < -0.3 is 5.11 Å². The first kappa shape index (κ1) is 23.7. The number of ketones is 3. The Labute approximate surface area is 164 Å². The summed E-state index contributed by atoms with van der Waals surface area (Å²) in [6.45, 7) is 12.0. The van der Waals surface area contributed by atoms with Gasteiger partial charge in [-0.15, -0.1) is 0 Å². The zero-order valence-corrected chi connectivity index (χ0v) is 18.0. The number of hydrogen-bond acceptors (Lipinski definition) is 5. The van der Waals surface area contributed by atoms with Gasteiger partial charge in [0.25, 0.3) is 0 Å². The van der Waals surface area contributed by atoms with Crippen molar-refractivity contribution in [1.82, 2.24) is 0 Å². The standard InChI is InChI=1S/C22H37NO4/c1-13(2)8-10-16-20(25)19(17(23-7)12-15(5)6)21(26)22(16,27)18(24)11-9-14(3)4/h13-16,19,27H,8-12H2,1-7H3. The normalized spacial score (nSPS) is 26.7. The molecule has 0 spiro atoms. The molecule has 0 bridgehead atoms. The maximum atomic E-state index is 13.2. The second kappa shape index (κ2) is 9.72. The van der Waals surface area contributed by atoms with Gasteiger partial charge in [0.05, 0.1) is 5.92 Å². The van der Waals surface area contributed by atoms with Gasteiger partial charge in [0, 0.05) is 19.2 Å². The first-order valence-electron chi connectivity index (χ1n) is 10.3. The van der Waals surface area contributed by atoms with E-state index in [2.05, 4.69) is 4.99 Å². The molecule has 0 aromatic rings. The minimum absolute atomic E-state index is 0.112. The van der Waals surface area contributed by atoms with E-state index in [1.807, 2.05) is 41.5 Å². The van der Waals surface area contributed by atoms with Crippen LogP contribution in [0.25, 0.3) is 0 Å². The van der Waals surface area contributed by atoms with Gasteiger partial charge in [-0.05, 0) is 37.0 Å². The summed E-state index contributed by atoms with van der Waals surface area (Å²) in [5.74, 6) is -2.71. The molecular formula is C22H37NO4. The third-order valence-electron chi connectivity index (χ3n) is 5.41. The Morgan fingerprint density at radius 3 is 2.04 bits per heavy atom. The zero-order valence-electron chi connectivity index (χ0n) is 18.0. The van der Waals surface area contributed by atoms with Crippen molar-refractivity contribution in [2.75, 3.05) is 7.05 Å². The molecule has 0 amide bonds. The summed E-state index contributed by atoms with van der Waals surface area (Å²) in [7, 11) is 1.57. The minimum Gasteiger partial charge on any atom is -0.374 e. The molecule has 1 rings (SSSR count). The summed E-state index contributed by atoms with van der Waals surface area (Å²) in [4.78, 5) is 43.4. The highest BCUT2D eigenvalue weighted by Gasteiger charge is 2.63. The lowest BCUT2D eigenvalue weighted by Gasteiger charge is -2.26. The highest BCUT2D eigenvalue weighted by molar-refractivity contribution is 6.34. The molecule has 3 atom stereocenters. The van der Waals surface area contributed by atoms with E-state index in [1.165, 1.54) is 0 Å². The van der Waals surface area contributed by atoms with E-state index in [0.717, 1.165) is 0 Å². The monoisotopic (exact) mass is 379 g/mol. The summed E-state index contributed by atoms with van der Waals surface area (Å²) in [5.41, 5.74) is -1.71. The van der Waals surface area contributed by atoms with Crippen LogP contribution in [0.3, 0.4) is 0 Å². The molecule has 0 aromatic heterocycles. The fourth-order valence-corrected chi connectivity index (χ4v) is 3.79. The van der Waals surface area contributed by atoms with Gasteiger partial charge in [0.2, 0.25) is 0 Å². The molecule has 5 heteroatoms. The van der Waals surface area contributed by atoms with Crippen LogP contribution in [-0.4, -0.2) is 40.8 Å². The molecule has 0 saturated heterocycles. The number of hydrogen-bond donors (Lipinski definition) is 1. The number of carbonyl (C=O) groups excluding carboxylic acids is 3. The van der Waals surface area contributed by atoms with Crippen LogP contribution in [0.1, 0.15) is 73.6 Å². The molecule has 1 aliphatic rings. The van der Waals surface area contributed by atoms with Crippen molar-refractivity contribution >= 4 is 23.1 Å². The van der Waals surface area contributed by atoms with Crippen LogP contribution in [0.4, 0.5) is 0 Å². The molecule has 1 fully saturated rings. The van der Waals surface area contributed by atoms with Crippen LogP contribution >= 0.6 is 0 Å². The summed E-state index contributed by atoms with van der Waals surface area (Å²) in [6, 6.07) is 0. The molecule has 0 radical (unpaired) electrons. The number of aliphatic imine (C=N–C) groups is 1. The average molecular weight is 380 g/mol. The van der Waals surface area contributed by atoms with Crippen molar-refractivity contribution in [1.29, 1.82) is 0 Å². The fourth-order valence-electron chi connectivity index (χ4n) is 3.79. The lowest BCUT2D eigenvalue weighted by molar-refractivity contribution is -0.154. The minimum atomic E-state index is -2.20. The molecule has 154 valence electrons. The predicted octanol–water partition coefficient (Wildman–Crippen LogP) is 3.66. The molecule has 1 aliphatic carbocycles. The van der Waals surface area contributed by atoms with E-state index in [0.29, 0.717) is 37.3 Å². The Morgan fingerprint density at radius 1 is 1.04 bits per heavy atom. The van der Waals surface area contributed by atoms with Crippen molar-refractivity contribution in [2.45, 2.75) is 79.2 Å². The number of nitrogens with zero attached hydrogens (tertiary/aromatic N) is 1. The molecule has 5 nitrogen and oxygen atoms in total. The van der Waals surface area contributed by atoms with Gasteiger partial charge in [-0.25, -0.2) is 0 Å². The van der Waals surface area contributed by atoms with E-state index in [1.54, 1.807) is 7.05 Å². The molecule has 27 heavy (non-hydrogen) atoms. The zero-order chi connectivity index (χ0) is 20.9. The maximum Gasteiger partial charge on any atom is 0.192 e. The lowest BCUT2D eigenvalue weighted by Crippen LogP contribution is -2.50. The van der Waals surface area contributed by atoms with E-state index in [9.17, 15) is 19.5 Å². The average Bonchev–Trinajstić information content (AvgIpc) is 2.76. The number of aliphatic hydroxyl groups is 1. The highest BCUT2D eigenvalue weighted by Crippen LogP contribution is 2.40. The molecule has 1 N–H and O–H groups in total. The van der Waals surface area contributed by atoms with Crippen LogP contribution in [0.15, 0.2) is 4.99 Å². The Balaban J connectivity index is 3.28. The van der Waals surface area contributed by atoms with Gasteiger partial charge in [-0.2, -0.15) is 0 Å². The second-order valence-electron chi connectivity index (χ2n) is 9.16. The fraction of sp³-hybridized carbons (Fsp3) is 0.818. The topological polar surface area (TPSA) is 83.8 Å². The maximum absolute atomic E-state index is 13.2. The first-order valence-corrected chi connectivity index (χ1v) is 10.3. The Hall–Kier alpha value is -1.36. The summed E-state index contributed by atoms with van der Waals surface area (Å²) < 4.78 is 0. The molecule has 0 heterocycles. The Kier molecular flexibility index (Phi) is 8.52. The molecule has 3 unspecified atom stereocenters. The van der Waals surface area contributed by atoms with Crippen molar-refractivity contribution in [3.8, 4) is 0 Å². The number of Topliss-reactive ketones (excluding diaryl/α,β-unsaturated/α-hetero) is 3. The van der Waals surface area contributed by atoms with Crippen molar-refractivity contribution < 1.29 is 19.5 Å². The molecule has 0 aromatic carbocycles. The van der Waals surface area contributed by atoms with E-state index in [-0.39, 0.29) is 24.0 Å². The summed E-state index contributed by atoms with van der Waals surface area (Å²) in [6.07, 6.45) is 2.23. The quantitative estimate of drug-likeness (QED) is 0.464. The Bertz CT molecular complexity index is 591. The van der Waals surface area contributed by atoms with Crippen LogP contribution in [0, 0.1) is 29.6 Å². The van der Waals surface area contributed by atoms with Gasteiger partial charge >= 0.3 is 0 Å². The van der Waals surface area contributed by atoms with Gasteiger partial charge in [0.15, 0.2) is 23.0 Å². The van der Waals surface area contributed by atoms with Crippen molar-refractivity contribution in [3.63, 3.8) is 0 Å². The third-order valence-corrected chi connectivity index (χ3v) is 5.41. The van der Waals surface area contributed by atoms with E-state index < -0.39 is 29.0 Å². The van der Waals surface area contributed by atoms with Crippen LogP contribution in [-0.2, 0) is 14.4 Å². The SMILES string of the molecule is CN=C(CC(C)C)C1C(=O)C(CCC(C)C)C(O)(C(=O)CCC(C)C)C1=O. The third kappa shape index (κ3) is 5.34. The van der Waals surface area contributed by atoms with Gasteiger partial charge in [-0.3, -0.25) is 19.4 Å². The summed E-state index contributed by atoms with van der Waals surface area (Å²) in [5, 5.41) is 11.3. The van der Waals surface area contributed by atoms with Crippen LogP contribution in [0.2, 0.25) is 0 Å². The largest absolute Gasteiger partial charge is 0.374 e. The van der Waals surface area contributed by atoms with Crippen molar-refractivity contribution in [2.24, 2.45) is 34.6 Å². The summed E-state index contributed by atoms with van der Waals surface area (Å²) >= 11 is 0. The van der Waals surface area contributed by atoms with Crippen LogP contribution in [0.5, 0.6) is 0 Å². The molecule has 0 aliphatic heterocycles.